The number of hydrogen-bond donors (Lipinski definition) is 0. The van der Waals surface area contributed by atoms with Gasteiger partial charge in [0.1, 0.15) is 14.1 Å². The number of nitrogens with zero attached hydrogens (tertiary/aromatic N) is 2. The molecule has 2 aromatic rings. The molecule has 2 nitrogen and oxygen atoms in total. The molecule has 0 radical (unpaired) electrons. The maximum Gasteiger partial charge on any atom is 0.673 e. The molecule has 0 N–H and O–H groups in total. The van der Waals surface area contributed by atoms with Crippen molar-refractivity contribution in [1.29, 1.82) is 0 Å². The molecule has 0 aromatic carbocycles. The Labute approximate surface area is 159 Å². The van der Waals surface area contributed by atoms with E-state index in [1.165, 1.54) is 21.2 Å². The number of thiophene rings is 2. The Balaban J connectivity index is 0.000000597. The van der Waals surface area contributed by atoms with Gasteiger partial charge in [0.15, 0.2) is 0 Å². The molecule has 0 aliphatic heterocycles. The van der Waals surface area contributed by atoms with Gasteiger partial charge in [-0.2, -0.15) is 0 Å². The van der Waals surface area contributed by atoms with E-state index in [-0.39, 0.29) is 0 Å². The summed E-state index contributed by atoms with van der Waals surface area (Å²) in [6, 6.07) is 8.48. The molecule has 0 fully saturated rings. The van der Waals surface area contributed by atoms with E-state index >= 15 is 0 Å². The van der Waals surface area contributed by atoms with E-state index in [4.69, 9.17) is 0 Å². The molecular weight excluding hydrogens is 383 g/mol. The van der Waals surface area contributed by atoms with E-state index in [0.29, 0.717) is 0 Å². The van der Waals surface area contributed by atoms with Gasteiger partial charge in [0, 0.05) is 20.2 Å². The van der Waals surface area contributed by atoms with Crippen molar-refractivity contribution in [3.63, 3.8) is 0 Å². The summed E-state index contributed by atoms with van der Waals surface area (Å²) >= 11 is 3.53. The minimum atomic E-state index is -6.00. The molecule has 26 heavy (non-hydrogen) atoms. The first-order chi connectivity index (χ1) is 12.1. The monoisotopic (exact) mass is 404 g/mol. The third-order valence-corrected chi connectivity index (χ3v) is 4.80. The second-order valence-corrected chi connectivity index (χ2v) is 7.43. The summed E-state index contributed by atoms with van der Waals surface area (Å²) < 4.78 is 41.1. The summed E-state index contributed by atoms with van der Waals surface area (Å²) in [5.74, 6) is 0. The Morgan fingerprint density at radius 2 is 1.50 bits per heavy atom. The van der Waals surface area contributed by atoms with Crippen molar-refractivity contribution >= 4 is 41.3 Å². The van der Waals surface area contributed by atoms with Gasteiger partial charge in [-0.05, 0) is 29.0 Å². The first-order valence-corrected chi connectivity index (χ1v) is 9.40. The van der Waals surface area contributed by atoms with Crippen LogP contribution < -0.4 is 0 Å². The summed E-state index contributed by atoms with van der Waals surface area (Å²) in [5, 5.41) is 4.22. The first-order valence-electron chi connectivity index (χ1n) is 7.64. The molecule has 9 heteroatoms. The lowest BCUT2D eigenvalue weighted by molar-refractivity contribution is -0.462. The second-order valence-electron chi connectivity index (χ2n) is 5.53. The molecule has 0 aliphatic rings. The van der Waals surface area contributed by atoms with Crippen LogP contribution in [0, 0.1) is 0 Å². The van der Waals surface area contributed by atoms with Gasteiger partial charge >= 0.3 is 7.25 Å². The van der Waals surface area contributed by atoms with E-state index in [1.807, 2.05) is 0 Å². The Hall–Kier alpha value is -1.87. The Morgan fingerprint density at radius 1 is 1.00 bits per heavy atom. The molecule has 0 atom stereocenters. The maximum absolute atomic E-state index is 9.75. The van der Waals surface area contributed by atoms with Crippen LogP contribution in [0.1, 0.15) is 9.75 Å². The van der Waals surface area contributed by atoms with Crippen molar-refractivity contribution in [3.05, 3.63) is 63.0 Å². The normalized spacial score (nSPS) is 11.9. The quantitative estimate of drug-likeness (QED) is 0.215. The smallest absolute Gasteiger partial charge is 0.418 e. The van der Waals surface area contributed by atoms with E-state index in [1.54, 1.807) is 22.7 Å². The van der Waals surface area contributed by atoms with Gasteiger partial charge in [0.05, 0.1) is 15.5 Å². The van der Waals surface area contributed by atoms with Crippen molar-refractivity contribution < 1.29 is 21.8 Å². The van der Waals surface area contributed by atoms with Crippen molar-refractivity contribution in [3.8, 4) is 0 Å². The zero-order valence-corrected chi connectivity index (χ0v) is 16.6. The highest BCUT2D eigenvalue weighted by atomic mass is 32.1. The third kappa shape index (κ3) is 8.49. The minimum absolute atomic E-state index is 1.23. The zero-order chi connectivity index (χ0) is 19.7. The van der Waals surface area contributed by atoms with Crippen molar-refractivity contribution in [2.24, 2.45) is 0 Å². The summed E-state index contributed by atoms with van der Waals surface area (Å²) in [6.45, 7) is 0. The van der Waals surface area contributed by atoms with Crippen LogP contribution in [-0.2, 0) is 0 Å². The SMILES string of the molecule is CN(C)/C(=C/C=C/C(c1cccs1)=[N+](C)C)c1cccs1.F[B-](F)(F)F. The van der Waals surface area contributed by atoms with Gasteiger partial charge in [-0.3, -0.25) is 0 Å². The average molecular weight is 404 g/mol. The van der Waals surface area contributed by atoms with E-state index in [9.17, 15) is 17.3 Å². The maximum atomic E-state index is 9.75. The molecule has 2 heterocycles. The highest BCUT2D eigenvalue weighted by molar-refractivity contribution is 7.12. The van der Waals surface area contributed by atoms with Gasteiger partial charge in [0.25, 0.3) is 0 Å². The molecule has 0 saturated carbocycles. The summed E-state index contributed by atoms with van der Waals surface area (Å²) in [7, 11) is 2.31. The summed E-state index contributed by atoms with van der Waals surface area (Å²) in [6.07, 6.45) is 6.47. The van der Waals surface area contributed by atoms with Crippen molar-refractivity contribution in [1.82, 2.24) is 4.90 Å². The molecule has 0 spiro atoms. The van der Waals surface area contributed by atoms with Crippen LogP contribution in [0.4, 0.5) is 17.3 Å². The van der Waals surface area contributed by atoms with E-state index in [0.717, 1.165) is 0 Å². The second kappa shape index (κ2) is 10.3. The average Bonchev–Trinajstić information content (AvgIpc) is 3.18. The lowest BCUT2D eigenvalue weighted by Gasteiger charge is -2.14. The fourth-order valence-corrected chi connectivity index (χ4v) is 3.65. The molecule has 142 valence electrons. The highest BCUT2D eigenvalue weighted by Crippen LogP contribution is 2.22. The molecule has 0 amide bonds. The van der Waals surface area contributed by atoms with Gasteiger partial charge in [-0.1, -0.05) is 18.2 Å². The van der Waals surface area contributed by atoms with Crippen LogP contribution in [0.2, 0.25) is 0 Å². The fourth-order valence-electron chi connectivity index (χ4n) is 1.98. The van der Waals surface area contributed by atoms with Crippen molar-refractivity contribution in [2.75, 3.05) is 28.2 Å². The van der Waals surface area contributed by atoms with E-state index in [2.05, 4.69) is 90.9 Å². The highest BCUT2D eigenvalue weighted by Gasteiger charge is 2.20. The van der Waals surface area contributed by atoms with Gasteiger partial charge in [-0.25, -0.2) is 4.58 Å². The van der Waals surface area contributed by atoms with Crippen LogP contribution in [0.3, 0.4) is 0 Å². The van der Waals surface area contributed by atoms with Crippen LogP contribution in [0.25, 0.3) is 5.70 Å². The van der Waals surface area contributed by atoms with Crippen LogP contribution in [0.15, 0.2) is 53.3 Å². The lowest BCUT2D eigenvalue weighted by atomic mass is 10.2. The van der Waals surface area contributed by atoms with Gasteiger partial charge < -0.3 is 22.2 Å². The molecule has 2 aromatic heterocycles. The summed E-state index contributed by atoms with van der Waals surface area (Å²) in [5.41, 5.74) is 2.45. The van der Waals surface area contributed by atoms with Gasteiger partial charge in [-0.15, -0.1) is 22.7 Å². The number of rotatable bonds is 5. The van der Waals surface area contributed by atoms with Crippen molar-refractivity contribution in [2.45, 2.75) is 0 Å². The molecular formula is C17H21BF4N2S2. The standard InChI is InChI=1S/C17H21N2S2.BF4/c1-18(2)14(16-10-6-12-20-16)8-5-9-15(19(3)4)17-11-7-13-21-17;2-1(3,4)5/h5-13H,1-4H3;/q+1;-1. The number of halogens is 4. The predicted molar refractivity (Wildman–Crippen MR) is 106 cm³/mol. The largest absolute Gasteiger partial charge is 0.673 e. The van der Waals surface area contributed by atoms with Crippen LogP contribution in [-0.4, -0.2) is 50.6 Å². The number of hydrogen-bond acceptors (Lipinski definition) is 3. The molecule has 2 rings (SSSR count). The summed E-state index contributed by atoms with van der Waals surface area (Å²) in [4.78, 5) is 4.72. The Bertz CT molecular complexity index is 736. The fraction of sp³-hybridized carbons (Fsp3) is 0.235. The van der Waals surface area contributed by atoms with E-state index < -0.39 is 7.25 Å². The lowest BCUT2D eigenvalue weighted by Crippen LogP contribution is -2.11. The first kappa shape index (κ1) is 22.2. The minimum Gasteiger partial charge on any atom is -0.418 e. The zero-order valence-electron chi connectivity index (χ0n) is 15.0. The Kier molecular flexibility index (Phi) is 8.81. The third-order valence-electron chi connectivity index (χ3n) is 3.02. The number of allylic oxidation sites excluding steroid dienone is 3. The van der Waals surface area contributed by atoms with Crippen LogP contribution in [0.5, 0.6) is 0 Å². The molecule has 0 bridgehead atoms. The molecule has 0 saturated heterocycles. The molecule has 0 unspecified atom stereocenters. The topological polar surface area (TPSA) is 6.25 Å². The van der Waals surface area contributed by atoms with Crippen LogP contribution >= 0.6 is 22.7 Å². The Morgan fingerprint density at radius 3 is 1.88 bits per heavy atom. The van der Waals surface area contributed by atoms with Gasteiger partial charge in [0.2, 0.25) is 5.71 Å². The predicted octanol–water partition coefficient (Wildman–Crippen LogP) is 5.33. The molecule has 0 aliphatic carbocycles.